The summed E-state index contributed by atoms with van der Waals surface area (Å²) in [5.74, 6) is -0.652. The van der Waals surface area contributed by atoms with Gasteiger partial charge in [0, 0.05) is 57.9 Å². The van der Waals surface area contributed by atoms with Crippen LogP contribution in [-0.2, 0) is 19.1 Å². The molecule has 1 saturated carbocycles. The van der Waals surface area contributed by atoms with Crippen LogP contribution in [0.25, 0.3) is 0 Å². The van der Waals surface area contributed by atoms with Crippen LogP contribution in [-0.4, -0.2) is 109 Å². The third-order valence-corrected chi connectivity index (χ3v) is 7.36. The van der Waals surface area contributed by atoms with E-state index in [1.165, 1.54) is 19.3 Å². The van der Waals surface area contributed by atoms with Crippen molar-refractivity contribution in [2.75, 3.05) is 58.9 Å². The lowest BCUT2D eigenvalue weighted by molar-refractivity contribution is -0.159. The quantitative estimate of drug-likeness (QED) is 0.201. The molecule has 0 aromatic rings. The summed E-state index contributed by atoms with van der Waals surface area (Å²) in [5, 5.41) is 3.87. The molecule has 0 heterocycles. The Labute approximate surface area is 278 Å². The number of carbonyl (C=O) groups excluding carboxylic acids is 2. The highest BCUT2D eigenvalue weighted by Gasteiger charge is 2.33. The standard InChI is InChI=1S/C37H74N4O4/c1-33(2,3)26-40(27-34(4,5)6)22-23-41(28-35(7,8)9)30-19-17-16-18-29(30)38-20-21-39(24-31(42)44-36(10,11)12)25-32(43)45-37(13,14)15/h29-30,38H,16-28H2,1-15H3/t29-,30-/m0/s1. The van der Waals surface area contributed by atoms with Crippen molar-refractivity contribution in [3.05, 3.63) is 0 Å². The Hall–Kier alpha value is -1.22. The summed E-state index contributed by atoms with van der Waals surface area (Å²) in [6.07, 6.45) is 4.79. The molecule has 0 aromatic carbocycles. The summed E-state index contributed by atoms with van der Waals surface area (Å²) >= 11 is 0. The van der Waals surface area contributed by atoms with Gasteiger partial charge >= 0.3 is 11.9 Å². The fourth-order valence-corrected chi connectivity index (χ4v) is 6.32. The molecule has 1 aliphatic rings. The van der Waals surface area contributed by atoms with Crippen molar-refractivity contribution in [2.45, 2.75) is 153 Å². The predicted molar refractivity (Wildman–Crippen MR) is 189 cm³/mol. The van der Waals surface area contributed by atoms with Gasteiger partial charge in [0.2, 0.25) is 0 Å². The highest BCUT2D eigenvalue weighted by molar-refractivity contribution is 5.75. The van der Waals surface area contributed by atoms with Crippen molar-refractivity contribution in [2.24, 2.45) is 16.2 Å². The van der Waals surface area contributed by atoms with E-state index in [0.29, 0.717) is 25.2 Å². The number of nitrogens with one attached hydrogen (secondary N) is 1. The topological polar surface area (TPSA) is 74.4 Å². The molecule has 45 heavy (non-hydrogen) atoms. The van der Waals surface area contributed by atoms with Gasteiger partial charge < -0.3 is 19.7 Å². The minimum Gasteiger partial charge on any atom is -0.459 e. The summed E-state index contributed by atoms with van der Waals surface area (Å²) in [5.41, 5.74) is -0.459. The van der Waals surface area contributed by atoms with Gasteiger partial charge in [-0.15, -0.1) is 0 Å². The maximum atomic E-state index is 12.7. The zero-order chi connectivity index (χ0) is 34.9. The Kier molecular flexibility index (Phi) is 16.0. The number of hydrogen-bond donors (Lipinski definition) is 1. The normalized spacial score (nSPS) is 19.0. The van der Waals surface area contributed by atoms with Crippen molar-refractivity contribution in [1.82, 2.24) is 20.0 Å². The highest BCUT2D eigenvalue weighted by Crippen LogP contribution is 2.28. The molecule has 1 aliphatic carbocycles. The number of rotatable bonds is 15. The second-order valence-electron chi connectivity index (χ2n) is 19.2. The molecule has 1 fully saturated rings. The average molecular weight is 639 g/mol. The van der Waals surface area contributed by atoms with Crippen molar-refractivity contribution < 1.29 is 19.1 Å². The van der Waals surface area contributed by atoms with Crippen LogP contribution in [0, 0.1) is 16.2 Å². The average Bonchev–Trinajstić information content (AvgIpc) is 2.76. The van der Waals surface area contributed by atoms with E-state index in [2.05, 4.69) is 77.4 Å². The third kappa shape index (κ3) is 21.3. The van der Waals surface area contributed by atoms with Gasteiger partial charge in [0.1, 0.15) is 11.2 Å². The zero-order valence-electron chi connectivity index (χ0n) is 32.3. The van der Waals surface area contributed by atoms with E-state index in [1.807, 2.05) is 46.4 Å². The molecule has 0 aliphatic heterocycles. The van der Waals surface area contributed by atoms with E-state index < -0.39 is 11.2 Å². The fraction of sp³-hybridized carbons (Fsp3) is 0.946. The summed E-state index contributed by atoms with van der Waals surface area (Å²) in [6, 6.07) is 0.818. The molecule has 2 atom stereocenters. The molecule has 266 valence electrons. The second-order valence-corrected chi connectivity index (χ2v) is 19.2. The van der Waals surface area contributed by atoms with Crippen LogP contribution in [0.4, 0.5) is 0 Å². The van der Waals surface area contributed by atoms with Gasteiger partial charge in [0.05, 0.1) is 13.1 Å². The molecule has 0 radical (unpaired) electrons. The molecule has 0 saturated heterocycles. The summed E-state index contributed by atoms with van der Waals surface area (Å²) in [4.78, 5) is 32.7. The first-order valence-electron chi connectivity index (χ1n) is 17.6. The maximum absolute atomic E-state index is 12.7. The van der Waals surface area contributed by atoms with Gasteiger partial charge in [0.25, 0.3) is 0 Å². The number of esters is 2. The minimum atomic E-state index is -0.575. The summed E-state index contributed by atoms with van der Waals surface area (Å²) < 4.78 is 11.2. The number of carbonyl (C=O) groups is 2. The predicted octanol–water partition coefficient (Wildman–Crippen LogP) is 6.61. The molecule has 8 heteroatoms. The molecule has 0 aromatic heterocycles. The van der Waals surface area contributed by atoms with E-state index in [4.69, 9.17) is 9.47 Å². The lowest BCUT2D eigenvalue weighted by atomic mass is 9.86. The first-order chi connectivity index (χ1) is 20.2. The summed E-state index contributed by atoms with van der Waals surface area (Å²) in [7, 11) is 0. The smallest absolute Gasteiger partial charge is 0.320 e. The first-order valence-corrected chi connectivity index (χ1v) is 17.6. The molecule has 0 amide bonds. The Balaban J connectivity index is 3.05. The van der Waals surface area contributed by atoms with Gasteiger partial charge in [-0.3, -0.25) is 19.4 Å². The summed E-state index contributed by atoms with van der Waals surface area (Å²) in [6.45, 7) is 39.0. The zero-order valence-corrected chi connectivity index (χ0v) is 32.3. The van der Waals surface area contributed by atoms with Crippen LogP contribution in [0.15, 0.2) is 0 Å². The highest BCUT2D eigenvalue weighted by atomic mass is 16.6. The largest absolute Gasteiger partial charge is 0.459 e. The van der Waals surface area contributed by atoms with E-state index in [-0.39, 0.29) is 41.3 Å². The Morgan fingerprint density at radius 2 is 1.04 bits per heavy atom. The van der Waals surface area contributed by atoms with Crippen LogP contribution < -0.4 is 5.32 Å². The maximum Gasteiger partial charge on any atom is 0.320 e. The second kappa shape index (κ2) is 17.3. The van der Waals surface area contributed by atoms with E-state index in [1.54, 1.807) is 0 Å². The number of hydrogen-bond acceptors (Lipinski definition) is 8. The van der Waals surface area contributed by atoms with Crippen LogP contribution in [0.2, 0.25) is 0 Å². The van der Waals surface area contributed by atoms with Gasteiger partial charge in [0.15, 0.2) is 0 Å². The van der Waals surface area contributed by atoms with Gasteiger partial charge in [-0.05, 0) is 70.6 Å². The Bertz CT molecular complexity index is 841. The van der Waals surface area contributed by atoms with E-state index in [0.717, 1.165) is 39.1 Å². The van der Waals surface area contributed by atoms with Gasteiger partial charge in [-0.1, -0.05) is 75.2 Å². The van der Waals surface area contributed by atoms with Crippen LogP contribution in [0.1, 0.15) is 130 Å². The number of nitrogens with zero attached hydrogens (tertiary/aromatic N) is 3. The molecule has 8 nitrogen and oxygen atoms in total. The fourth-order valence-electron chi connectivity index (χ4n) is 6.32. The molecule has 1 rings (SSSR count). The lowest BCUT2D eigenvalue weighted by Crippen LogP contribution is -2.56. The van der Waals surface area contributed by atoms with Crippen molar-refractivity contribution in [3.63, 3.8) is 0 Å². The number of ether oxygens (including phenoxy) is 2. The molecule has 0 unspecified atom stereocenters. The first kappa shape index (κ1) is 41.8. The van der Waals surface area contributed by atoms with Crippen molar-refractivity contribution >= 4 is 11.9 Å². The molecule has 0 bridgehead atoms. The van der Waals surface area contributed by atoms with Gasteiger partial charge in [-0.25, -0.2) is 0 Å². The minimum absolute atomic E-state index is 0.0554. The van der Waals surface area contributed by atoms with Gasteiger partial charge in [-0.2, -0.15) is 0 Å². The Morgan fingerprint density at radius 1 is 0.600 bits per heavy atom. The van der Waals surface area contributed by atoms with Crippen LogP contribution >= 0.6 is 0 Å². The van der Waals surface area contributed by atoms with Crippen LogP contribution in [0.3, 0.4) is 0 Å². The van der Waals surface area contributed by atoms with E-state index in [9.17, 15) is 9.59 Å². The van der Waals surface area contributed by atoms with Crippen molar-refractivity contribution in [3.8, 4) is 0 Å². The molecule has 0 spiro atoms. The molecule has 1 N–H and O–H groups in total. The molecular formula is C37H74N4O4. The van der Waals surface area contributed by atoms with E-state index >= 15 is 0 Å². The van der Waals surface area contributed by atoms with Crippen LogP contribution in [0.5, 0.6) is 0 Å². The monoisotopic (exact) mass is 639 g/mol. The Morgan fingerprint density at radius 3 is 1.47 bits per heavy atom. The third-order valence-electron chi connectivity index (χ3n) is 7.36. The lowest BCUT2D eigenvalue weighted by Gasteiger charge is -2.44. The SMILES string of the molecule is CC(C)(C)CN(CCN(CC(C)(C)C)[C@H]1CCCC[C@@H]1NCCN(CC(=O)OC(C)(C)C)CC(=O)OC(C)(C)C)CC(C)(C)C. The van der Waals surface area contributed by atoms with Crippen molar-refractivity contribution in [1.29, 1.82) is 0 Å². The molecular weight excluding hydrogens is 564 g/mol.